The minimum Gasteiger partial charge on any atom is -0.483 e. The SMILES string of the molecule is [2H]C([2H])(c1ccccc1)[C@H](NC(=O)COc1c(C)cccc1C)[C@@H](O)C[C@H](Cc1ccccc1)NC(=O)[C@H](C(C)C)N1CCCNC1=O. The van der Waals surface area contributed by atoms with Crippen molar-refractivity contribution in [3.05, 3.63) is 101 Å². The number of benzene rings is 3. The molecule has 0 spiro atoms. The average Bonchev–Trinajstić information content (AvgIpc) is 3.05. The number of para-hydroxylation sites is 1. The molecule has 0 bridgehead atoms. The summed E-state index contributed by atoms with van der Waals surface area (Å²) in [6.07, 6.45) is -2.63. The van der Waals surface area contributed by atoms with Crippen molar-refractivity contribution in [3.8, 4) is 5.75 Å². The number of carbonyl (C=O) groups is 3. The van der Waals surface area contributed by atoms with Crippen LogP contribution in [-0.4, -0.2) is 71.8 Å². The molecule has 0 saturated carbocycles. The van der Waals surface area contributed by atoms with Gasteiger partial charge in [-0.1, -0.05) is 92.7 Å². The number of amides is 4. The zero-order valence-corrected chi connectivity index (χ0v) is 27.2. The van der Waals surface area contributed by atoms with E-state index < -0.39 is 36.5 Å². The van der Waals surface area contributed by atoms with Crippen molar-refractivity contribution in [1.82, 2.24) is 20.9 Å². The second kappa shape index (κ2) is 16.8. The Bertz CT molecular complexity index is 1500. The number of rotatable bonds is 15. The van der Waals surface area contributed by atoms with Crippen molar-refractivity contribution in [2.24, 2.45) is 5.92 Å². The summed E-state index contributed by atoms with van der Waals surface area (Å²) in [5, 5.41) is 20.4. The lowest BCUT2D eigenvalue weighted by molar-refractivity contribution is -0.128. The van der Waals surface area contributed by atoms with Gasteiger partial charge in [0.15, 0.2) is 6.61 Å². The number of nitrogens with one attached hydrogen (secondary N) is 3. The summed E-state index contributed by atoms with van der Waals surface area (Å²) >= 11 is 0. The van der Waals surface area contributed by atoms with Gasteiger partial charge in [-0.3, -0.25) is 9.59 Å². The van der Waals surface area contributed by atoms with Crippen LogP contribution in [0.15, 0.2) is 78.9 Å². The molecule has 46 heavy (non-hydrogen) atoms. The van der Waals surface area contributed by atoms with E-state index in [-0.39, 0.29) is 36.4 Å². The average molecular weight is 631 g/mol. The van der Waals surface area contributed by atoms with Crippen molar-refractivity contribution >= 4 is 17.8 Å². The maximum Gasteiger partial charge on any atom is 0.318 e. The van der Waals surface area contributed by atoms with Gasteiger partial charge in [0.2, 0.25) is 5.91 Å². The molecule has 3 aromatic rings. The van der Waals surface area contributed by atoms with Crippen LogP contribution >= 0.6 is 0 Å². The number of urea groups is 1. The minimum absolute atomic E-state index is 0.0767. The van der Waals surface area contributed by atoms with Gasteiger partial charge in [0.25, 0.3) is 5.91 Å². The van der Waals surface area contributed by atoms with Crippen molar-refractivity contribution in [2.75, 3.05) is 19.7 Å². The first kappa shape index (κ1) is 31.6. The molecular weight excluding hydrogens is 580 g/mol. The van der Waals surface area contributed by atoms with E-state index in [1.165, 1.54) is 0 Å². The number of aryl methyl sites for hydroxylation is 2. The quantitative estimate of drug-likeness (QED) is 0.199. The van der Waals surface area contributed by atoms with Crippen LogP contribution in [0.4, 0.5) is 4.79 Å². The Labute approximate surface area is 275 Å². The molecule has 4 rings (SSSR count). The lowest BCUT2D eigenvalue weighted by atomic mass is 9.92. The van der Waals surface area contributed by atoms with Crippen LogP contribution in [0.5, 0.6) is 5.75 Å². The number of hydrogen-bond donors (Lipinski definition) is 4. The van der Waals surface area contributed by atoms with Crippen LogP contribution in [0.1, 0.15) is 51.7 Å². The third-order valence-electron chi connectivity index (χ3n) is 8.10. The van der Waals surface area contributed by atoms with E-state index >= 15 is 0 Å². The van der Waals surface area contributed by atoms with Gasteiger partial charge in [-0.2, -0.15) is 0 Å². The fourth-order valence-corrected chi connectivity index (χ4v) is 5.85. The maximum atomic E-state index is 13.9. The molecule has 0 aromatic heterocycles. The number of aliphatic hydroxyl groups is 1. The van der Waals surface area contributed by atoms with Crippen LogP contribution in [0, 0.1) is 19.8 Å². The molecule has 4 N–H and O–H groups in total. The Hall–Kier alpha value is -4.37. The zero-order chi connectivity index (χ0) is 34.8. The molecule has 9 nitrogen and oxygen atoms in total. The first-order chi connectivity index (χ1) is 22.9. The Balaban J connectivity index is 1.60. The summed E-state index contributed by atoms with van der Waals surface area (Å²) in [5.74, 6) is -0.569. The van der Waals surface area contributed by atoms with Crippen LogP contribution in [-0.2, 0) is 22.4 Å². The molecule has 0 radical (unpaired) electrons. The molecule has 1 heterocycles. The highest BCUT2D eigenvalue weighted by molar-refractivity contribution is 5.87. The van der Waals surface area contributed by atoms with Gasteiger partial charge in [0.05, 0.1) is 12.1 Å². The molecule has 246 valence electrons. The summed E-state index contributed by atoms with van der Waals surface area (Å²) in [4.78, 5) is 41.5. The third-order valence-corrected chi connectivity index (χ3v) is 8.10. The highest BCUT2D eigenvalue weighted by Crippen LogP contribution is 2.22. The van der Waals surface area contributed by atoms with Crippen LogP contribution in [0.3, 0.4) is 0 Å². The highest BCUT2D eigenvalue weighted by atomic mass is 16.5. The lowest BCUT2D eigenvalue weighted by Gasteiger charge is -2.37. The van der Waals surface area contributed by atoms with Gasteiger partial charge in [-0.25, -0.2) is 4.79 Å². The number of ether oxygens (including phenoxy) is 1. The third kappa shape index (κ3) is 9.81. The highest BCUT2D eigenvalue weighted by Gasteiger charge is 2.35. The van der Waals surface area contributed by atoms with Crippen molar-refractivity contribution in [3.63, 3.8) is 0 Å². The normalized spacial score (nSPS) is 16.7. The molecular formula is C37H48N4O5. The fraction of sp³-hybridized carbons (Fsp3) is 0.432. The molecule has 4 amide bonds. The van der Waals surface area contributed by atoms with E-state index in [4.69, 9.17) is 7.48 Å². The first-order valence-corrected chi connectivity index (χ1v) is 16.0. The molecule has 1 aliphatic rings. The van der Waals surface area contributed by atoms with E-state index in [1.807, 2.05) is 76.2 Å². The van der Waals surface area contributed by atoms with E-state index in [0.29, 0.717) is 25.3 Å². The van der Waals surface area contributed by atoms with Crippen molar-refractivity contribution in [2.45, 2.75) is 77.6 Å². The smallest absolute Gasteiger partial charge is 0.318 e. The lowest BCUT2D eigenvalue weighted by Crippen LogP contribution is -2.59. The standard InChI is InChI=1S/C37H48N4O5/c1-25(2)34(41-20-12-19-38-37(41)45)36(44)39-30(21-28-15-7-5-8-16-28)23-32(42)31(22-29-17-9-6-10-18-29)40-33(43)24-46-35-26(3)13-11-14-27(35)4/h5-11,13-18,25,30-32,34,42H,12,19-24H2,1-4H3,(H,38,45)(H,39,44)(H,40,43)/t30-,31-,32-,34-/m0/s1/i22D2. The van der Waals surface area contributed by atoms with E-state index in [2.05, 4.69) is 16.0 Å². The second-order valence-electron chi connectivity index (χ2n) is 12.2. The fourth-order valence-electron chi connectivity index (χ4n) is 5.85. The topological polar surface area (TPSA) is 120 Å². The van der Waals surface area contributed by atoms with Gasteiger partial charge in [-0.05, 0) is 67.7 Å². The molecule has 9 heteroatoms. The maximum absolute atomic E-state index is 13.9. The van der Waals surface area contributed by atoms with E-state index in [1.54, 1.807) is 35.2 Å². The largest absolute Gasteiger partial charge is 0.483 e. The molecule has 0 aliphatic carbocycles. The van der Waals surface area contributed by atoms with Crippen molar-refractivity contribution < 1.29 is 27.0 Å². The molecule has 0 unspecified atom stereocenters. The molecule has 3 aromatic carbocycles. The van der Waals surface area contributed by atoms with Crippen LogP contribution in [0.2, 0.25) is 0 Å². The monoisotopic (exact) mass is 630 g/mol. The molecule has 1 aliphatic heterocycles. The summed E-state index contributed by atoms with van der Waals surface area (Å²) in [6.45, 7) is 8.15. The Morgan fingerprint density at radius 3 is 2.20 bits per heavy atom. The van der Waals surface area contributed by atoms with Gasteiger partial charge in [0.1, 0.15) is 11.8 Å². The van der Waals surface area contributed by atoms with Gasteiger partial charge in [0, 0.05) is 21.9 Å². The number of hydrogen-bond acceptors (Lipinski definition) is 5. The number of nitrogens with zero attached hydrogens (tertiary/aromatic N) is 1. The number of carbonyl (C=O) groups excluding carboxylic acids is 3. The Kier molecular flexibility index (Phi) is 11.5. The minimum atomic E-state index is -2.19. The Morgan fingerprint density at radius 1 is 0.957 bits per heavy atom. The second-order valence-corrected chi connectivity index (χ2v) is 12.2. The molecule has 4 atom stereocenters. The van der Waals surface area contributed by atoms with Crippen LogP contribution < -0.4 is 20.7 Å². The number of aliphatic hydroxyl groups excluding tert-OH is 1. The molecule has 1 fully saturated rings. The summed E-state index contributed by atoms with van der Waals surface area (Å²) < 4.78 is 24.1. The Morgan fingerprint density at radius 2 is 1.59 bits per heavy atom. The van der Waals surface area contributed by atoms with Gasteiger partial charge < -0.3 is 30.7 Å². The predicted octanol–water partition coefficient (Wildman–Crippen LogP) is 4.33. The first-order valence-electron chi connectivity index (χ1n) is 17.0. The predicted molar refractivity (Wildman–Crippen MR) is 180 cm³/mol. The summed E-state index contributed by atoms with van der Waals surface area (Å²) in [7, 11) is 0. The van der Waals surface area contributed by atoms with Gasteiger partial charge >= 0.3 is 6.03 Å². The summed E-state index contributed by atoms with van der Waals surface area (Å²) in [6, 6.07) is 20.4. The van der Waals surface area contributed by atoms with Crippen LogP contribution in [0.25, 0.3) is 0 Å². The van der Waals surface area contributed by atoms with Crippen molar-refractivity contribution in [1.29, 1.82) is 0 Å². The summed E-state index contributed by atoms with van der Waals surface area (Å²) in [5.41, 5.74) is 2.91. The van der Waals surface area contributed by atoms with E-state index in [0.717, 1.165) is 23.1 Å². The van der Waals surface area contributed by atoms with E-state index in [9.17, 15) is 19.5 Å². The van der Waals surface area contributed by atoms with Gasteiger partial charge in [-0.15, -0.1) is 0 Å². The zero-order valence-electron chi connectivity index (χ0n) is 29.2. The molecule has 1 saturated heterocycles.